The average molecular weight is 433 g/mol. The van der Waals surface area contributed by atoms with Crippen LogP contribution in [-0.4, -0.2) is 78.7 Å². The van der Waals surface area contributed by atoms with E-state index in [1.165, 1.54) is 0 Å². The highest BCUT2D eigenvalue weighted by Gasteiger charge is 2.27. The first-order chi connectivity index (χ1) is 14.7. The van der Waals surface area contributed by atoms with Crippen molar-refractivity contribution >= 4 is 23.9 Å². The summed E-state index contributed by atoms with van der Waals surface area (Å²) in [5, 5.41) is 2.63. The minimum Gasteiger partial charge on any atom is -0.466 e. The third-order valence-electron chi connectivity index (χ3n) is 4.38. The molecular weight excluding hydrogens is 400 g/mol. The molecule has 0 saturated carbocycles. The number of amides is 3. The molecule has 0 radical (unpaired) electrons. The standard InChI is InChI=1S/C22H32N4O5/c1-5-30-18(27)11-12-23-20(28)24-19(17-9-7-6-8-10-17)25-13-15-26(16-14-25)21(29)31-22(2,3)4/h6-10H,5,11-16H2,1-4H3,(H,23,28)/b24-19+. The lowest BCUT2D eigenvalue weighted by molar-refractivity contribution is -0.142. The van der Waals surface area contributed by atoms with E-state index >= 15 is 0 Å². The first kappa shape index (κ1) is 24.2. The second-order valence-electron chi connectivity index (χ2n) is 8.04. The zero-order valence-electron chi connectivity index (χ0n) is 18.7. The van der Waals surface area contributed by atoms with Gasteiger partial charge in [-0.2, -0.15) is 4.99 Å². The van der Waals surface area contributed by atoms with Gasteiger partial charge in [-0.15, -0.1) is 0 Å². The minimum absolute atomic E-state index is 0.0876. The van der Waals surface area contributed by atoms with Crippen molar-refractivity contribution in [3.8, 4) is 0 Å². The molecule has 3 amide bonds. The molecule has 31 heavy (non-hydrogen) atoms. The molecule has 1 N–H and O–H groups in total. The second kappa shape index (κ2) is 11.3. The van der Waals surface area contributed by atoms with Crippen LogP contribution in [0.2, 0.25) is 0 Å². The summed E-state index contributed by atoms with van der Waals surface area (Å²) in [5.41, 5.74) is 0.251. The zero-order valence-corrected chi connectivity index (χ0v) is 18.7. The van der Waals surface area contributed by atoms with Crippen LogP contribution in [0.1, 0.15) is 39.7 Å². The third kappa shape index (κ3) is 8.27. The fourth-order valence-electron chi connectivity index (χ4n) is 2.97. The summed E-state index contributed by atoms with van der Waals surface area (Å²) < 4.78 is 10.3. The summed E-state index contributed by atoms with van der Waals surface area (Å²) in [5.74, 6) is 0.159. The van der Waals surface area contributed by atoms with E-state index in [9.17, 15) is 14.4 Å². The first-order valence-electron chi connectivity index (χ1n) is 10.5. The Kier molecular flexibility index (Phi) is 8.84. The van der Waals surface area contributed by atoms with Crippen molar-refractivity contribution in [3.63, 3.8) is 0 Å². The minimum atomic E-state index is -0.549. The Morgan fingerprint density at radius 3 is 2.23 bits per heavy atom. The van der Waals surface area contributed by atoms with Crippen LogP contribution in [0.5, 0.6) is 0 Å². The molecular formula is C22H32N4O5. The Hall–Kier alpha value is -3.10. The topological polar surface area (TPSA) is 101 Å². The number of nitrogens with one attached hydrogen (secondary N) is 1. The van der Waals surface area contributed by atoms with Gasteiger partial charge in [0.05, 0.1) is 13.0 Å². The average Bonchev–Trinajstić information content (AvgIpc) is 2.72. The van der Waals surface area contributed by atoms with Crippen molar-refractivity contribution in [2.75, 3.05) is 39.3 Å². The molecule has 9 heteroatoms. The van der Waals surface area contributed by atoms with E-state index in [1.807, 2.05) is 56.0 Å². The van der Waals surface area contributed by atoms with Gasteiger partial charge in [0.1, 0.15) is 11.4 Å². The molecule has 1 saturated heterocycles. The smallest absolute Gasteiger partial charge is 0.410 e. The molecule has 0 spiro atoms. The number of benzene rings is 1. The number of amidine groups is 1. The van der Waals surface area contributed by atoms with Crippen LogP contribution in [0, 0.1) is 0 Å². The molecule has 0 aromatic heterocycles. The highest BCUT2D eigenvalue weighted by molar-refractivity contribution is 6.04. The number of urea groups is 1. The van der Waals surface area contributed by atoms with E-state index in [1.54, 1.807) is 11.8 Å². The summed E-state index contributed by atoms with van der Waals surface area (Å²) in [6.07, 6.45) is -0.258. The van der Waals surface area contributed by atoms with Gasteiger partial charge in [0.15, 0.2) is 0 Å². The molecule has 1 aromatic rings. The fourth-order valence-corrected chi connectivity index (χ4v) is 2.97. The summed E-state index contributed by atoms with van der Waals surface area (Å²) in [6.45, 7) is 9.65. The number of carbonyl (C=O) groups is 3. The molecule has 1 aromatic carbocycles. The van der Waals surface area contributed by atoms with E-state index in [0.717, 1.165) is 5.56 Å². The first-order valence-corrected chi connectivity index (χ1v) is 10.5. The molecule has 2 rings (SSSR count). The summed E-state index contributed by atoms with van der Waals surface area (Å²) >= 11 is 0. The van der Waals surface area contributed by atoms with Crippen LogP contribution < -0.4 is 5.32 Å². The van der Waals surface area contributed by atoms with Gasteiger partial charge in [0.2, 0.25) is 0 Å². The molecule has 0 atom stereocenters. The Bertz CT molecular complexity index is 781. The van der Waals surface area contributed by atoms with Crippen LogP contribution in [-0.2, 0) is 14.3 Å². The van der Waals surface area contributed by atoms with Crippen LogP contribution in [0.4, 0.5) is 9.59 Å². The van der Waals surface area contributed by atoms with Crippen molar-refractivity contribution in [3.05, 3.63) is 35.9 Å². The number of hydrogen-bond acceptors (Lipinski definition) is 5. The largest absolute Gasteiger partial charge is 0.466 e. The number of hydrogen-bond donors (Lipinski definition) is 1. The van der Waals surface area contributed by atoms with E-state index in [-0.39, 0.29) is 25.0 Å². The van der Waals surface area contributed by atoms with Crippen molar-refractivity contribution in [2.24, 2.45) is 4.99 Å². The number of ether oxygens (including phenoxy) is 2. The van der Waals surface area contributed by atoms with Crippen molar-refractivity contribution in [1.29, 1.82) is 0 Å². The number of rotatable bonds is 5. The van der Waals surface area contributed by atoms with Crippen molar-refractivity contribution in [2.45, 2.75) is 39.7 Å². The van der Waals surface area contributed by atoms with Crippen molar-refractivity contribution < 1.29 is 23.9 Å². The molecule has 0 aliphatic carbocycles. The Balaban J connectivity index is 2.03. The van der Waals surface area contributed by atoms with Crippen LogP contribution in [0.3, 0.4) is 0 Å². The third-order valence-corrected chi connectivity index (χ3v) is 4.38. The normalized spacial score (nSPS) is 14.8. The SMILES string of the molecule is CCOC(=O)CCNC(=O)/N=C(\c1ccccc1)N1CCN(C(=O)OC(C)(C)C)CC1. The van der Waals surface area contributed by atoms with E-state index in [0.29, 0.717) is 38.6 Å². The molecule has 1 aliphatic heterocycles. The van der Waals surface area contributed by atoms with E-state index in [4.69, 9.17) is 9.47 Å². The second-order valence-corrected chi connectivity index (χ2v) is 8.04. The van der Waals surface area contributed by atoms with E-state index < -0.39 is 11.6 Å². The maximum absolute atomic E-state index is 12.4. The molecule has 9 nitrogen and oxygen atoms in total. The lowest BCUT2D eigenvalue weighted by Crippen LogP contribution is -2.52. The fraction of sp³-hybridized carbons (Fsp3) is 0.545. The molecule has 0 unspecified atom stereocenters. The Labute approximate surface area is 183 Å². The van der Waals surface area contributed by atoms with Gasteiger partial charge in [-0.05, 0) is 27.7 Å². The predicted molar refractivity (Wildman–Crippen MR) is 117 cm³/mol. The number of aliphatic imine (C=N–C) groups is 1. The maximum atomic E-state index is 12.4. The van der Waals surface area contributed by atoms with Gasteiger partial charge in [0.25, 0.3) is 0 Å². The Morgan fingerprint density at radius 1 is 1.03 bits per heavy atom. The number of esters is 1. The number of nitrogens with zero attached hydrogens (tertiary/aromatic N) is 3. The molecule has 170 valence electrons. The van der Waals surface area contributed by atoms with Gasteiger partial charge in [-0.25, -0.2) is 9.59 Å². The lowest BCUT2D eigenvalue weighted by Gasteiger charge is -2.37. The molecule has 0 bridgehead atoms. The van der Waals surface area contributed by atoms with Gasteiger partial charge in [0, 0.05) is 38.3 Å². The molecule has 1 aliphatic rings. The summed E-state index contributed by atoms with van der Waals surface area (Å²) in [4.78, 5) is 44.0. The van der Waals surface area contributed by atoms with Gasteiger partial charge < -0.3 is 24.6 Å². The van der Waals surface area contributed by atoms with Crippen LogP contribution in [0.25, 0.3) is 0 Å². The van der Waals surface area contributed by atoms with Gasteiger partial charge >= 0.3 is 18.1 Å². The number of carbonyl (C=O) groups excluding carboxylic acids is 3. The highest BCUT2D eigenvalue weighted by atomic mass is 16.6. The zero-order chi connectivity index (χ0) is 22.9. The van der Waals surface area contributed by atoms with Gasteiger partial charge in [-0.3, -0.25) is 4.79 Å². The highest BCUT2D eigenvalue weighted by Crippen LogP contribution is 2.14. The predicted octanol–water partition coefficient (Wildman–Crippen LogP) is 2.65. The summed E-state index contributed by atoms with van der Waals surface area (Å²) in [7, 11) is 0. The van der Waals surface area contributed by atoms with Crippen LogP contribution in [0.15, 0.2) is 35.3 Å². The monoisotopic (exact) mass is 432 g/mol. The molecule has 1 fully saturated rings. The Morgan fingerprint density at radius 2 is 1.65 bits per heavy atom. The van der Waals surface area contributed by atoms with E-state index in [2.05, 4.69) is 10.3 Å². The van der Waals surface area contributed by atoms with Crippen LogP contribution >= 0.6 is 0 Å². The lowest BCUT2D eigenvalue weighted by atomic mass is 10.1. The maximum Gasteiger partial charge on any atom is 0.410 e. The molecule has 1 heterocycles. The van der Waals surface area contributed by atoms with Crippen molar-refractivity contribution in [1.82, 2.24) is 15.1 Å². The van der Waals surface area contributed by atoms with Gasteiger partial charge in [-0.1, -0.05) is 30.3 Å². The summed E-state index contributed by atoms with van der Waals surface area (Å²) in [6, 6.07) is 8.87. The quantitative estimate of drug-likeness (QED) is 0.436. The number of piperazine rings is 1.